The van der Waals surface area contributed by atoms with Gasteiger partial charge in [-0.2, -0.15) is 0 Å². The van der Waals surface area contributed by atoms with Gasteiger partial charge in [0.25, 0.3) is 0 Å². The lowest BCUT2D eigenvalue weighted by atomic mass is 9.95. The zero-order chi connectivity index (χ0) is 16.2. The highest BCUT2D eigenvalue weighted by atomic mass is 35.5. The maximum Gasteiger partial charge on any atom is 0.227 e. The fraction of sp³-hybridized carbons (Fsp3) is 0.588. The quantitative estimate of drug-likeness (QED) is 0.799. The van der Waals surface area contributed by atoms with E-state index in [0.717, 1.165) is 43.7 Å². The molecular formula is C17H26Cl3N3O2. The molecule has 5 nitrogen and oxygen atoms in total. The number of amides is 1. The van der Waals surface area contributed by atoms with Crippen LogP contribution in [0.1, 0.15) is 19.3 Å². The van der Waals surface area contributed by atoms with E-state index < -0.39 is 0 Å². The normalized spacial score (nSPS) is 22.7. The monoisotopic (exact) mass is 409 g/mol. The molecule has 25 heavy (non-hydrogen) atoms. The molecule has 1 heterocycles. The van der Waals surface area contributed by atoms with Crippen LogP contribution in [0.4, 0.5) is 11.4 Å². The predicted molar refractivity (Wildman–Crippen MR) is 107 cm³/mol. The third kappa shape index (κ3) is 5.14. The zero-order valence-corrected chi connectivity index (χ0v) is 16.5. The van der Waals surface area contributed by atoms with Crippen molar-refractivity contribution >= 4 is 53.7 Å². The van der Waals surface area contributed by atoms with E-state index in [1.54, 1.807) is 0 Å². The molecule has 1 amide bonds. The molecule has 2 aliphatic rings. The third-order valence-corrected chi connectivity index (χ3v) is 5.18. The maximum absolute atomic E-state index is 12.7. The van der Waals surface area contributed by atoms with E-state index in [4.69, 9.17) is 22.1 Å². The number of hydrogen-bond donors (Lipinski definition) is 2. The molecule has 142 valence electrons. The van der Waals surface area contributed by atoms with Crippen molar-refractivity contribution in [2.75, 3.05) is 43.1 Å². The maximum atomic E-state index is 12.7. The summed E-state index contributed by atoms with van der Waals surface area (Å²) in [5, 5.41) is 3.75. The second kappa shape index (κ2) is 10.4. The summed E-state index contributed by atoms with van der Waals surface area (Å²) < 4.78 is 5.41. The van der Waals surface area contributed by atoms with Gasteiger partial charge in [0, 0.05) is 19.0 Å². The number of nitrogens with one attached hydrogen (secondary N) is 1. The van der Waals surface area contributed by atoms with Crippen LogP contribution in [-0.2, 0) is 9.53 Å². The van der Waals surface area contributed by atoms with Gasteiger partial charge >= 0.3 is 0 Å². The number of ether oxygens (including phenoxy) is 1. The molecule has 1 aliphatic carbocycles. The Morgan fingerprint density at radius 3 is 2.68 bits per heavy atom. The first-order valence-electron chi connectivity index (χ1n) is 8.33. The second-order valence-electron chi connectivity index (χ2n) is 6.26. The number of halogens is 3. The summed E-state index contributed by atoms with van der Waals surface area (Å²) in [7, 11) is 0. The van der Waals surface area contributed by atoms with Gasteiger partial charge in [-0.3, -0.25) is 4.79 Å². The molecule has 1 saturated carbocycles. The van der Waals surface area contributed by atoms with Crippen molar-refractivity contribution < 1.29 is 9.53 Å². The van der Waals surface area contributed by atoms with Gasteiger partial charge < -0.3 is 20.7 Å². The molecule has 0 aromatic heterocycles. The van der Waals surface area contributed by atoms with Crippen LogP contribution >= 0.6 is 36.4 Å². The number of hydrogen-bond acceptors (Lipinski definition) is 4. The van der Waals surface area contributed by atoms with E-state index in [1.807, 2.05) is 18.2 Å². The Bertz CT molecular complexity index is 568. The largest absolute Gasteiger partial charge is 0.378 e. The van der Waals surface area contributed by atoms with Crippen LogP contribution < -0.4 is 16.0 Å². The number of carbonyl (C=O) groups is 1. The van der Waals surface area contributed by atoms with E-state index >= 15 is 0 Å². The van der Waals surface area contributed by atoms with Crippen LogP contribution in [-0.4, -0.2) is 38.8 Å². The number of para-hydroxylation sites is 1. The number of nitrogens with two attached hydrogens (primary N) is 1. The van der Waals surface area contributed by atoms with Crippen molar-refractivity contribution in [1.82, 2.24) is 0 Å². The molecule has 3 N–H and O–H groups in total. The van der Waals surface area contributed by atoms with E-state index in [1.165, 1.54) is 0 Å². The summed E-state index contributed by atoms with van der Waals surface area (Å²) in [5.41, 5.74) is 7.48. The summed E-state index contributed by atoms with van der Waals surface area (Å²) in [6.45, 7) is 3.49. The molecule has 1 aliphatic heterocycles. The molecule has 0 radical (unpaired) electrons. The van der Waals surface area contributed by atoms with Gasteiger partial charge in [-0.15, -0.1) is 24.8 Å². The highest BCUT2D eigenvalue weighted by Gasteiger charge is 2.32. The average Bonchev–Trinajstić information content (AvgIpc) is 3.04. The van der Waals surface area contributed by atoms with Crippen molar-refractivity contribution in [3.63, 3.8) is 0 Å². The lowest BCUT2D eigenvalue weighted by Gasteiger charge is -2.31. The van der Waals surface area contributed by atoms with Gasteiger partial charge in [-0.1, -0.05) is 24.1 Å². The Hall–Kier alpha value is -0.720. The molecule has 0 spiro atoms. The molecule has 8 heteroatoms. The standard InChI is InChI=1S/C17H24ClN3O2.2ClH/c18-14-5-2-6-15(16(14)21-7-9-23-10-8-21)20-17(22)13-4-1-3-12(13)11-19;;/h2,5-6,12-13H,1,3-4,7-11,19H2,(H,20,22);2*1H/t12-,13-;;/m1../s1. The average molecular weight is 411 g/mol. The van der Waals surface area contributed by atoms with E-state index in [2.05, 4.69) is 10.2 Å². The topological polar surface area (TPSA) is 67.6 Å². The highest BCUT2D eigenvalue weighted by Crippen LogP contribution is 2.36. The lowest BCUT2D eigenvalue weighted by Crippen LogP contribution is -2.37. The van der Waals surface area contributed by atoms with E-state index in [-0.39, 0.29) is 36.6 Å². The van der Waals surface area contributed by atoms with Crippen LogP contribution in [0.25, 0.3) is 0 Å². The first-order chi connectivity index (χ1) is 11.2. The molecule has 1 saturated heterocycles. The molecule has 3 rings (SSSR count). The SMILES string of the molecule is Cl.Cl.NC[C@H]1CCC[C@H]1C(=O)Nc1cccc(Cl)c1N1CCOCC1. The lowest BCUT2D eigenvalue weighted by molar-refractivity contribution is -0.120. The Morgan fingerprint density at radius 1 is 1.28 bits per heavy atom. The second-order valence-corrected chi connectivity index (χ2v) is 6.67. The molecule has 0 bridgehead atoms. The number of carbonyl (C=O) groups excluding carboxylic acids is 1. The fourth-order valence-corrected chi connectivity index (χ4v) is 3.91. The molecule has 2 fully saturated rings. The van der Waals surface area contributed by atoms with Gasteiger partial charge in [0.2, 0.25) is 5.91 Å². The molecule has 1 aromatic rings. The van der Waals surface area contributed by atoms with Gasteiger partial charge in [0.05, 0.1) is 29.6 Å². The van der Waals surface area contributed by atoms with Crippen LogP contribution in [0.5, 0.6) is 0 Å². The van der Waals surface area contributed by atoms with Crippen LogP contribution in [0.15, 0.2) is 18.2 Å². The number of morpholine rings is 1. The van der Waals surface area contributed by atoms with Gasteiger partial charge in [-0.25, -0.2) is 0 Å². The first-order valence-corrected chi connectivity index (χ1v) is 8.70. The predicted octanol–water partition coefficient (Wildman–Crippen LogP) is 3.33. The van der Waals surface area contributed by atoms with E-state index in [0.29, 0.717) is 30.7 Å². The van der Waals surface area contributed by atoms with Gasteiger partial charge in [0.1, 0.15) is 0 Å². The summed E-state index contributed by atoms with van der Waals surface area (Å²) >= 11 is 6.41. The minimum atomic E-state index is 0. The van der Waals surface area contributed by atoms with Crippen LogP contribution in [0.3, 0.4) is 0 Å². The Kier molecular flexibility index (Phi) is 9.32. The van der Waals surface area contributed by atoms with Crippen LogP contribution in [0.2, 0.25) is 5.02 Å². The highest BCUT2D eigenvalue weighted by molar-refractivity contribution is 6.34. The van der Waals surface area contributed by atoms with Gasteiger partial charge in [0.15, 0.2) is 0 Å². The fourth-order valence-electron chi connectivity index (χ4n) is 3.61. The van der Waals surface area contributed by atoms with Gasteiger partial charge in [-0.05, 0) is 37.4 Å². The smallest absolute Gasteiger partial charge is 0.227 e. The first kappa shape index (κ1) is 22.3. The van der Waals surface area contributed by atoms with Crippen molar-refractivity contribution in [3.05, 3.63) is 23.2 Å². The molecule has 0 unspecified atom stereocenters. The Balaban J connectivity index is 0.00000156. The number of benzene rings is 1. The molecule has 2 atom stereocenters. The summed E-state index contributed by atoms with van der Waals surface area (Å²) in [6.07, 6.45) is 3.04. The van der Waals surface area contributed by atoms with Crippen molar-refractivity contribution in [3.8, 4) is 0 Å². The zero-order valence-electron chi connectivity index (χ0n) is 14.1. The molecule has 1 aromatic carbocycles. The van der Waals surface area contributed by atoms with Crippen molar-refractivity contribution in [1.29, 1.82) is 0 Å². The third-order valence-electron chi connectivity index (χ3n) is 4.87. The van der Waals surface area contributed by atoms with Crippen molar-refractivity contribution in [2.45, 2.75) is 19.3 Å². The summed E-state index contributed by atoms with van der Waals surface area (Å²) in [4.78, 5) is 14.9. The minimum Gasteiger partial charge on any atom is -0.378 e. The molecular weight excluding hydrogens is 385 g/mol. The number of rotatable bonds is 4. The summed E-state index contributed by atoms with van der Waals surface area (Å²) in [5.74, 6) is 0.368. The van der Waals surface area contributed by atoms with Crippen molar-refractivity contribution in [2.24, 2.45) is 17.6 Å². The Morgan fingerprint density at radius 2 is 2.00 bits per heavy atom. The Labute approximate surface area is 166 Å². The van der Waals surface area contributed by atoms with Crippen LogP contribution in [0, 0.1) is 11.8 Å². The number of nitrogens with zero attached hydrogens (tertiary/aromatic N) is 1. The number of anilines is 2. The minimum absolute atomic E-state index is 0. The van der Waals surface area contributed by atoms with E-state index in [9.17, 15) is 4.79 Å². The summed E-state index contributed by atoms with van der Waals surface area (Å²) in [6, 6.07) is 5.65.